The van der Waals surface area contributed by atoms with Crippen molar-refractivity contribution in [1.82, 2.24) is 4.98 Å². The lowest BCUT2D eigenvalue weighted by molar-refractivity contribution is 0.102. The number of nitrogens with one attached hydrogen (secondary N) is 2. The quantitative estimate of drug-likeness (QED) is 0.742. The second kappa shape index (κ2) is 6.91. The molecule has 24 heavy (non-hydrogen) atoms. The van der Waals surface area contributed by atoms with Gasteiger partial charge in [-0.05, 0) is 55.0 Å². The van der Waals surface area contributed by atoms with E-state index in [9.17, 15) is 9.18 Å². The van der Waals surface area contributed by atoms with Crippen LogP contribution in [0.3, 0.4) is 0 Å². The lowest BCUT2D eigenvalue weighted by Gasteiger charge is -2.12. The Morgan fingerprint density at radius 2 is 1.75 bits per heavy atom. The van der Waals surface area contributed by atoms with Gasteiger partial charge in [0.05, 0.1) is 5.56 Å². The zero-order valence-corrected chi connectivity index (χ0v) is 13.1. The van der Waals surface area contributed by atoms with E-state index in [4.69, 9.17) is 0 Å². The minimum absolute atomic E-state index is 0.262. The first-order chi connectivity index (χ1) is 11.6. The lowest BCUT2D eigenvalue weighted by Crippen LogP contribution is -2.15. The molecule has 1 aromatic heterocycles. The molecule has 5 heteroatoms. The van der Waals surface area contributed by atoms with Gasteiger partial charge in [-0.3, -0.25) is 4.79 Å². The van der Waals surface area contributed by atoms with Gasteiger partial charge in [-0.2, -0.15) is 0 Å². The molecule has 0 aliphatic rings. The summed E-state index contributed by atoms with van der Waals surface area (Å²) in [5.41, 5.74) is 2.78. The molecule has 0 fully saturated rings. The Labute approximate surface area is 139 Å². The molecule has 0 saturated carbocycles. The van der Waals surface area contributed by atoms with Crippen LogP contribution in [-0.2, 0) is 0 Å². The van der Waals surface area contributed by atoms with Gasteiger partial charge in [0.2, 0.25) is 0 Å². The van der Waals surface area contributed by atoms with E-state index in [1.54, 1.807) is 30.5 Å². The van der Waals surface area contributed by atoms with E-state index < -0.39 is 0 Å². The van der Waals surface area contributed by atoms with Crippen LogP contribution < -0.4 is 10.6 Å². The summed E-state index contributed by atoms with van der Waals surface area (Å²) in [6, 6.07) is 16.8. The monoisotopic (exact) mass is 321 g/mol. The summed E-state index contributed by atoms with van der Waals surface area (Å²) >= 11 is 0. The fraction of sp³-hybridized carbons (Fsp3) is 0.0526. The molecule has 3 aromatic rings. The number of rotatable bonds is 4. The molecule has 2 aromatic carbocycles. The molecule has 2 N–H and O–H groups in total. The normalized spacial score (nSPS) is 10.2. The fourth-order valence-electron chi connectivity index (χ4n) is 2.26. The molecule has 4 nitrogen and oxygen atoms in total. The summed E-state index contributed by atoms with van der Waals surface area (Å²) in [5.74, 6) is -0.170. The predicted molar refractivity (Wildman–Crippen MR) is 93.1 cm³/mol. The van der Waals surface area contributed by atoms with Crippen molar-refractivity contribution in [3.63, 3.8) is 0 Å². The van der Waals surface area contributed by atoms with Crippen LogP contribution in [0.4, 0.5) is 21.6 Å². The van der Waals surface area contributed by atoms with Gasteiger partial charge in [0.25, 0.3) is 5.91 Å². The first-order valence-corrected chi connectivity index (χ1v) is 7.48. The molecule has 3 rings (SSSR count). The van der Waals surface area contributed by atoms with Crippen LogP contribution >= 0.6 is 0 Å². The number of carbonyl (C=O) groups excluding carboxylic acids is 1. The summed E-state index contributed by atoms with van der Waals surface area (Å²) in [5, 5.41) is 5.93. The average Bonchev–Trinajstić information content (AvgIpc) is 2.59. The maximum Gasteiger partial charge on any atom is 0.259 e. The standard InChI is InChI=1S/C19H16FN3O/c1-13-5-2-3-7-17(13)23-19(24)16-6-4-12-21-18(16)22-15-10-8-14(20)9-11-15/h2-12H,1H3,(H,21,22)(H,23,24). The second-order valence-electron chi connectivity index (χ2n) is 5.30. The Kier molecular flexibility index (Phi) is 4.52. The Morgan fingerprint density at radius 3 is 2.50 bits per heavy atom. The number of pyridine rings is 1. The van der Waals surface area contributed by atoms with Gasteiger partial charge in [0.1, 0.15) is 11.6 Å². The van der Waals surface area contributed by atoms with E-state index in [2.05, 4.69) is 15.6 Å². The minimum Gasteiger partial charge on any atom is -0.340 e. The topological polar surface area (TPSA) is 54.0 Å². The number of hydrogen-bond donors (Lipinski definition) is 2. The van der Waals surface area contributed by atoms with Gasteiger partial charge in [0, 0.05) is 17.6 Å². The van der Waals surface area contributed by atoms with Crippen molar-refractivity contribution < 1.29 is 9.18 Å². The van der Waals surface area contributed by atoms with Gasteiger partial charge in [0.15, 0.2) is 0 Å². The van der Waals surface area contributed by atoms with Gasteiger partial charge in [-0.25, -0.2) is 9.37 Å². The zero-order chi connectivity index (χ0) is 16.9. The highest BCUT2D eigenvalue weighted by Gasteiger charge is 2.13. The maximum atomic E-state index is 13.0. The molecule has 0 saturated heterocycles. The smallest absolute Gasteiger partial charge is 0.259 e. The number of carbonyl (C=O) groups is 1. The van der Waals surface area contributed by atoms with Crippen molar-refractivity contribution in [2.24, 2.45) is 0 Å². The minimum atomic E-state index is -0.320. The highest BCUT2D eigenvalue weighted by molar-refractivity contribution is 6.08. The Morgan fingerprint density at radius 1 is 1.00 bits per heavy atom. The lowest BCUT2D eigenvalue weighted by atomic mass is 10.1. The highest BCUT2D eigenvalue weighted by Crippen LogP contribution is 2.21. The third kappa shape index (κ3) is 3.57. The highest BCUT2D eigenvalue weighted by atomic mass is 19.1. The Bertz CT molecular complexity index is 862. The number of hydrogen-bond acceptors (Lipinski definition) is 3. The van der Waals surface area contributed by atoms with Crippen molar-refractivity contribution in [3.05, 3.63) is 83.8 Å². The second-order valence-corrected chi connectivity index (χ2v) is 5.30. The van der Waals surface area contributed by atoms with Gasteiger partial charge in [-0.15, -0.1) is 0 Å². The van der Waals surface area contributed by atoms with E-state index in [1.807, 2.05) is 31.2 Å². The van der Waals surface area contributed by atoms with Crippen molar-refractivity contribution in [1.29, 1.82) is 0 Å². The number of anilines is 3. The van der Waals surface area contributed by atoms with Crippen molar-refractivity contribution >= 4 is 23.1 Å². The molecule has 0 atom stereocenters. The summed E-state index contributed by atoms with van der Waals surface area (Å²) in [4.78, 5) is 16.8. The number of benzene rings is 2. The maximum absolute atomic E-state index is 13.0. The van der Waals surface area contributed by atoms with E-state index in [-0.39, 0.29) is 11.7 Å². The van der Waals surface area contributed by atoms with Crippen molar-refractivity contribution in [2.75, 3.05) is 10.6 Å². The number of para-hydroxylation sites is 1. The number of amides is 1. The zero-order valence-electron chi connectivity index (χ0n) is 13.1. The van der Waals surface area contributed by atoms with E-state index in [1.165, 1.54) is 12.1 Å². The molecule has 0 aliphatic carbocycles. The molecular formula is C19H16FN3O. The Balaban J connectivity index is 1.84. The predicted octanol–water partition coefficient (Wildman–Crippen LogP) is 4.53. The number of halogens is 1. The third-order valence-electron chi connectivity index (χ3n) is 3.55. The molecule has 0 radical (unpaired) electrons. The summed E-state index contributed by atoms with van der Waals surface area (Å²) in [6.07, 6.45) is 1.59. The first kappa shape index (κ1) is 15.7. The van der Waals surface area contributed by atoms with Crippen molar-refractivity contribution in [3.8, 4) is 0 Å². The molecule has 0 unspecified atom stereocenters. The third-order valence-corrected chi connectivity index (χ3v) is 3.55. The molecule has 0 spiro atoms. The van der Waals surface area contributed by atoms with Gasteiger partial charge >= 0.3 is 0 Å². The average molecular weight is 321 g/mol. The van der Waals surface area contributed by atoms with Crippen LogP contribution in [0.1, 0.15) is 15.9 Å². The molecule has 1 heterocycles. The largest absolute Gasteiger partial charge is 0.340 e. The van der Waals surface area contributed by atoms with Crippen molar-refractivity contribution in [2.45, 2.75) is 6.92 Å². The van der Waals surface area contributed by atoms with Crippen LogP contribution in [0.15, 0.2) is 66.9 Å². The summed E-state index contributed by atoms with van der Waals surface area (Å²) < 4.78 is 13.0. The summed E-state index contributed by atoms with van der Waals surface area (Å²) in [6.45, 7) is 1.93. The van der Waals surface area contributed by atoms with Gasteiger partial charge < -0.3 is 10.6 Å². The van der Waals surface area contributed by atoms with Crippen LogP contribution in [-0.4, -0.2) is 10.9 Å². The molecule has 1 amide bonds. The fourth-order valence-corrected chi connectivity index (χ4v) is 2.26. The molecular weight excluding hydrogens is 305 g/mol. The van der Waals surface area contributed by atoms with Crippen LogP contribution in [0.2, 0.25) is 0 Å². The summed E-state index contributed by atoms with van der Waals surface area (Å²) in [7, 11) is 0. The van der Waals surface area contributed by atoms with E-state index >= 15 is 0 Å². The molecule has 120 valence electrons. The number of nitrogens with zero attached hydrogens (tertiary/aromatic N) is 1. The number of aryl methyl sites for hydroxylation is 1. The SMILES string of the molecule is Cc1ccccc1NC(=O)c1cccnc1Nc1ccc(F)cc1. The van der Waals surface area contributed by atoms with Crippen LogP contribution in [0.25, 0.3) is 0 Å². The number of aromatic nitrogens is 1. The molecule has 0 bridgehead atoms. The first-order valence-electron chi connectivity index (χ1n) is 7.48. The van der Waals surface area contributed by atoms with Crippen LogP contribution in [0, 0.1) is 12.7 Å². The van der Waals surface area contributed by atoms with Gasteiger partial charge in [-0.1, -0.05) is 18.2 Å². The Hall–Kier alpha value is -3.21. The van der Waals surface area contributed by atoms with E-state index in [0.29, 0.717) is 17.1 Å². The molecule has 0 aliphatic heterocycles. The van der Waals surface area contributed by atoms with Crippen LogP contribution in [0.5, 0.6) is 0 Å². The van der Waals surface area contributed by atoms with E-state index in [0.717, 1.165) is 11.3 Å².